The van der Waals surface area contributed by atoms with E-state index >= 15 is 0 Å². The molecule has 0 saturated heterocycles. The molecule has 0 unspecified atom stereocenters. The predicted octanol–water partition coefficient (Wildman–Crippen LogP) is 1.72. The van der Waals surface area contributed by atoms with Gasteiger partial charge in [-0.2, -0.15) is 0 Å². The molecule has 0 aliphatic carbocycles. The number of likely N-dealkylation sites (N-methyl/N-ethyl adjacent to an activating group) is 1. The molecule has 130 valence electrons. The third-order valence-corrected chi connectivity index (χ3v) is 4.34. The summed E-state index contributed by atoms with van der Waals surface area (Å²) >= 11 is 0. The van der Waals surface area contributed by atoms with Crippen LogP contribution in [-0.2, 0) is 11.3 Å². The molecule has 0 bridgehead atoms. The minimum absolute atomic E-state index is 0.115. The van der Waals surface area contributed by atoms with Crippen molar-refractivity contribution < 1.29 is 9.53 Å². The average molecular weight is 340 g/mol. The van der Waals surface area contributed by atoms with Crippen LogP contribution >= 0.6 is 0 Å². The second kappa shape index (κ2) is 6.80. The molecule has 7 heteroatoms. The van der Waals surface area contributed by atoms with Crippen molar-refractivity contribution in [2.75, 3.05) is 14.2 Å². The summed E-state index contributed by atoms with van der Waals surface area (Å²) in [5.74, 6) is 0.517. The van der Waals surface area contributed by atoms with E-state index in [9.17, 15) is 9.59 Å². The Labute approximate surface area is 145 Å². The molecule has 2 heterocycles. The number of hydrogen-bond acceptors (Lipinski definition) is 4. The fraction of sp³-hybridized carbons (Fsp3) is 0.278. The molecule has 3 rings (SSSR count). The summed E-state index contributed by atoms with van der Waals surface area (Å²) in [5, 5.41) is 4.20. The van der Waals surface area contributed by atoms with Crippen LogP contribution in [0.2, 0.25) is 0 Å². The number of carbonyl (C=O) groups is 1. The molecule has 3 aromatic rings. The number of pyridine rings is 1. The molecule has 1 atom stereocenters. The quantitative estimate of drug-likeness (QED) is 0.709. The van der Waals surface area contributed by atoms with Gasteiger partial charge in [0.2, 0.25) is 5.91 Å². The highest BCUT2D eigenvalue weighted by Crippen LogP contribution is 2.28. The Morgan fingerprint density at radius 2 is 1.96 bits per heavy atom. The number of carbonyl (C=O) groups excluding carboxylic acids is 1. The average Bonchev–Trinajstić information content (AvgIpc) is 2.96. The zero-order chi connectivity index (χ0) is 18.0. The van der Waals surface area contributed by atoms with Crippen LogP contribution in [0.25, 0.3) is 5.65 Å². The molecule has 0 spiro atoms. The maximum atomic E-state index is 12.6. The molecule has 0 radical (unpaired) electrons. The summed E-state index contributed by atoms with van der Waals surface area (Å²) < 4.78 is 7.96. The van der Waals surface area contributed by atoms with Gasteiger partial charge in [-0.05, 0) is 25.1 Å². The SMILES string of the molecule is COc1ccccc1[C@H](C)N(C)C(=O)Cn1nc2ccccn2c1=O. The van der Waals surface area contributed by atoms with Crippen molar-refractivity contribution >= 4 is 11.6 Å². The van der Waals surface area contributed by atoms with Crippen molar-refractivity contribution in [1.82, 2.24) is 19.1 Å². The summed E-state index contributed by atoms with van der Waals surface area (Å²) in [6, 6.07) is 12.6. The third-order valence-electron chi connectivity index (χ3n) is 4.34. The van der Waals surface area contributed by atoms with Crippen molar-refractivity contribution in [1.29, 1.82) is 0 Å². The lowest BCUT2D eigenvalue weighted by Gasteiger charge is -2.26. The van der Waals surface area contributed by atoms with E-state index in [1.54, 1.807) is 43.5 Å². The first-order valence-corrected chi connectivity index (χ1v) is 7.95. The van der Waals surface area contributed by atoms with Crippen molar-refractivity contribution in [2.45, 2.75) is 19.5 Å². The molecule has 0 aliphatic rings. The number of rotatable bonds is 5. The first-order valence-electron chi connectivity index (χ1n) is 7.95. The minimum atomic E-state index is -0.331. The molecule has 0 aliphatic heterocycles. The lowest BCUT2D eigenvalue weighted by atomic mass is 10.1. The van der Waals surface area contributed by atoms with Gasteiger partial charge in [-0.25, -0.2) is 9.48 Å². The number of hydrogen-bond donors (Lipinski definition) is 0. The highest BCUT2D eigenvalue weighted by atomic mass is 16.5. The van der Waals surface area contributed by atoms with Gasteiger partial charge in [0.15, 0.2) is 5.65 Å². The molecule has 7 nitrogen and oxygen atoms in total. The Hall–Kier alpha value is -3.09. The van der Waals surface area contributed by atoms with Crippen LogP contribution in [0.15, 0.2) is 53.5 Å². The minimum Gasteiger partial charge on any atom is -0.496 e. The molecule has 2 aromatic heterocycles. The van der Waals surface area contributed by atoms with Gasteiger partial charge in [0.05, 0.1) is 13.2 Å². The first-order chi connectivity index (χ1) is 12.0. The number of ether oxygens (including phenoxy) is 1. The molecule has 1 aromatic carbocycles. The predicted molar refractivity (Wildman–Crippen MR) is 93.6 cm³/mol. The van der Waals surface area contributed by atoms with Crippen LogP contribution in [0.1, 0.15) is 18.5 Å². The lowest BCUT2D eigenvalue weighted by Crippen LogP contribution is -2.35. The molecule has 1 amide bonds. The monoisotopic (exact) mass is 340 g/mol. The molecule has 0 fully saturated rings. The molecule has 0 saturated carbocycles. The summed E-state index contributed by atoms with van der Waals surface area (Å²) in [7, 11) is 3.31. The van der Waals surface area contributed by atoms with Crippen molar-refractivity contribution in [2.24, 2.45) is 0 Å². The van der Waals surface area contributed by atoms with Crippen LogP contribution in [0.4, 0.5) is 0 Å². The van der Waals surface area contributed by atoms with Gasteiger partial charge < -0.3 is 9.64 Å². The zero-order valence-electron chi connectivity index (χ0n) is 14.4. The Morgan fingerprint density at radius 3 is 2.68 bits per heavy atom. The number of amides is 1. The second-order valence-corrected chi connectivity index (χ2v) is 5.79. The van der Waals surface area contributed by atoms with Crippen molar-refractivity contribution in [3.8, 4) is 5.75 Å². The van der Waals surface area contributed by atoms with Crippen LogP contribution < -0.4 is 10.4 Å². The van der Waals surface area contributed by atoms with E-state index in [0.29, 0.717) is 5.65 Å². The molecular formula is C18H20N4O3. The third kappa shape index (κ3) is 3.13. The maximum Gasteiger partial charge on any atom is 0.350 e. The normalized spacial score (nSPS) is 12.1. The Morgan fingerprint density at radius 1 is 1.24 bits per heavy atom. The van der Waals surface area contributed by atoms with Gasteiger partial charge in [0, 0.05) is 18.8 Å². The Balaban J connectivity index is 1.82. The fourth-order valence-electron chi connectivity index (χ4n) is 2.75. The zero-order valence-corrected chi connectivity index (χ0v) is 14.4. The maximum absolute atomic E-state index is 12.6. The standard InChI is InChI=1S/C18H20N4O3/c1-13(14-8-4-5-9-15(14)25-3)20(2)17(23)12-22-18(24)21-11-7-6-10-16(21)19-22/h4-11,13H,12H2,1-3H3/t13-/m0/s1. The Kier molecular flexibility index (Phi) is 4.56. The number of para-hydroxylation sites is 1. The largest absolute Gasteiger partial charge is 0.496 e. The van der Waals surface area contributed by atoms with Gasteiger partial charge in [0.1, 0.15) is 12.3 Å². The van der Waals surface area contributed by atoms with Crippen LogP contribution in [0.5, 0.6) is 5.75 Å². The van der Waals surface area contributed by atoms with Gasteiger partial charge in [-0.3, -0.25) is 9.20 Å². The van der Waals surface area contributed by atoms with Gasteiger partial charge in [0.25, 0.3) is 0 Å². The highest BCUT2D eigenvalue weighted by molar-refractivity contribution is 5.76. The molecule has 0 N–H and O–H groups in total. The summed E-state index contributed by atoms with van der Waals surface area (Å²) in [6.45, 7) is 1.80. The van der Waals surface area contributed by atoms with E-state index in [-0.39, 0.29) is 24.2 Å². The smallest absolute Gasteiger partial charge is 0.350 e. The lowest BCUT2D eigenvalue weighted by molar-refractivity contribution is -0.132. The topological polar surface area (TPSA) is 68.8 Å². The van der Waals surface area contributed by atoms with Gasteiger partial charge in [-0.1, -0.05) is 24.3 Å². The van der Waals surface area contributed by atoms with Crippen molar-refractivity contribution in [3.63, 3.8) is 0 Å². The molecular weight excluding hydrogens is 320 g/mol. The van der Waals surface area contributed by atoms with E-state index in [4.69, 9.17) is 4.74 Å². The number of fused-ring (bicyclic) bond motifs is 1. The fourth-order valence-corrected chi connectivity index (χ4v) is 2.75. The summed E-state index contributed by atoms with van der Waals surface area (Å²) in [4.78, 5) is 26.5. The van der Waals surface area contributed by atoms with Crippen LogP contribution in [0.3, 0.4) is 0 Å². The first kappa shape index (κ1) is 16.8. The number of nitrogens with zero attached hydrogens (tertiary/aromatic N) is 4. The Bertz CT molecular complexity index is 960. The van der Waals surface area contributed by atoms with Crippen LogP contribution in [0, 0.1) is 0 Å². The van der Waals surface area contributed by atoms with E-state index < -0.39 is 0 Å². The summed E-state index contributed by atoms with van der Waals surface area (Å²) in [5.41, 5.74) is 1.09. The van der Waals surface area contributed by atoms with E-state index in [1.165, 1.54) is 9.08 Å². The number of methoxy groups -OCH3 is 1. The summed E-state index contributed by atoms with van der Waals surface area (Å²) in [6.07, 6.45) is 1.63. The van der Waals surface area contributed by atoms with Gasteiger partial charge >= 0.3 is 5.69 Å². The van der Waals surface area contributed by atoms with Gasteiger partial charge in [-0.15, -0.1) is 5.10 Å². The van der Waals surface area contributed by atoms with E-state index in [2.05, 4.69) is 5.10 Å². The number of benzene rings is 1. The second-order valence-electron chi connectivity index (χ2n) is 5.79. The van der Waals surface area contributed by atoms with Crippen LogP contribution in [-0.4, -0.2) is 39.1 Å². The molecule has 25 heavy (non-hydrogen) atoms. The van der Waals surface area contributed by atoms with Crippen molar-refractivity contribution in [3.05, 3.63) is 64.7 Å². The number of aromatic nitrogens is 3. The van der Waals surface area contributed by atoms with E-state index in [0.717, 1.165) is 11.3 Å². The highest BCUT2D eigenvalue weighted by Gasteiger charge is 2.21. The van der Waals surface area contributed by atoms with E-state index in [1.807, 2.05) is 31.2 Å².